The molecule has 0 aliphatic heterocycles. The lowest BCUT2D eigenvalue weighted by molar-refractivity contribution is -0.140. The number of thioether (sulfide) groups is 1. The van der Waals surface area contributed by atoms with Crippen molar-refractivity contribution in [2.75, 3.05) is 0 Å². The zero-order valence-electron chi connectivity index (χ0n) is 13.1. The SMILES string of the molecule is Cc1cccc2c(=O)[nH]c(CSC3(C(=O)O)CCCCC3)nc12. The Labute approximate surface area is 138 Å². The Hall–Kier alpha value is -1.82. The van der Waals surface area contributed by atoms with Gasteiger partial charge in [0.2, 0.25) is 0 Å². The molecule has 0 amide bonds. The molecule has 1 aliphatic carbocycles. The van der Waals surface area contributed by atoms with Crippen LogP contribution in [0.15, 0.2) is 23.0 Å². The molecule has 0 atom stereocenters. The molecule has 1 aromatic carbocycles. The summed E-state index contributed by atoms with van der Waals surface area (Å²) in [5, 5.41) is 10.2. The van der Waals surface area contributed by atoms with Crippen LogP contribution >= 0.6 is 11.8 Å². The van der Waals surface area contributed by atoms with Gasteiger partial charge in [-0.3, -0.25) is 9.59 Å². The molecule has 2 N–H and O–H groups in total. The van der Waals surface area contributed by atoms with E-state index in [-0.39, 0.29) is 5.56 Å². The van der Waals surface area contributed by atoms with E-state index < -0.39 is 10.7 Å². The van der Waals surface area contributed by atoms with Crippen LogP contribution in [0.5, 0.6) is 0 Å². The van der Waals surface area contributed by atoms with Crippen molar-refractivity contribution >= 4 is 28.6 Å². The first-order valence-electron chi connectivity index (χ1n) is 7.88. The summed E-state index contributed by atoms with van der Waals surface area (Å²) < 4.78 is -0.739. The van der Waals surface area contributed by atoms with Crippen molar-refractivity contribution in [2.24, 2.45) is 0 Å². The molecular weight excluding hydrogens is 312 g/mol. The lowest BCUT2D eigenvalue weighted by Crippen LogP contribution is -2.37. The van der Waals surface area contributed by atoms with E-state index in [1.54, 1.807) is 6.07 Å². The minimum absolute atomic E-state index is 0.165. The molecule has 0 bridgehead atoms. The van der Waals surface area contributed by atoms with Gasteiger partial charge in [-0.1, -0.05) is 31.4 Å². The van der Waals surface area contributed by atoms with Crippen molar-refractivity contribution in [3.05, 3.63) is 39.9 Å². The molecule has 2 aromatic rings. The summed E-state index contributed by atoms with van der Waals surface area (Å²) in [5.74, 6) is 0.209. The number of aryl methyl sites for hydroxylation is 1. The van der Waals surface area contributed by atoms with Crippen LogP contribution in [0.25, 0.3) is 10.9 Å². The van der Waals surface area contributed by atoms with Gasteiger partial charge in [0.15, 0.2) is 0 Å². The highest BCUT2D eigenvalue weighted by atomic mass is 32.2. The first-order chi connectivity index (χ1) is 11.0. The van der Waals surface area contributed by atoms with Gasteiger partial charge >= 0.3 is 5.97 Å². The molecule has 5 nitrogen and oxygen atoms in total. The summed E-state index contributed by atoms with van der Waals surface area (Å²) in [5.41, 5.74) is 1.48. The number of carboxylic acid groups (broad SMARTS) is 1. The summed E-state index contributed by atoms with van der Waals surface area (Å²) in [7, 11) is 0. The minimum atomic E-state index is -0.749. The van der Waals surface area contributed by atoms with E-state index >= 15 is 0 Å². The third-order valence-corrected chi connectivity index (χ3v) is 6.08. The summed E-state index contributed by atoms with van der Waals surface area (Å²) in [6.07, 6.45) is 4.35. The second kappa shape index (κ2) is 6.35. The Morgan fingerprint density at radius 1 is 1.35 bits per heavy atom. The molecule has 1 heterocycles. The predicted molar refractivity (Wildman–Crippen MR) is 91.8 cm³/mol. The highest BCUT2D eigenvalue weighted by Gasteiger charge is 2.40. The Morgan fingerprint density at radius 3 is 2.78 bits per heavy atom. The minimum Gasteiger partial charge on any atom is -0.480 e. The van der Waals surface area contributed by atoms with Crippen molar-refractivity contribution < 1.29 is 9.90 Å². The fourth-order valence-electron chi connectivity index (χ4n) is 3.17. The van der Waals surface area contributed by atoms with Crippen molar-refractivity contribution in [1.29, 1.82) is 0 Å². The molecule has 0 radical (unpaired) electrons. The molecule has 1 saturated carbocycles. The van der Waals surface area contributed by atoms with Crippen molar-refractivity contribution in [3.8, 4) is 0 Å². The smallest absolute Gasteiger partial charge is 0.319 e. The van der Waals surface area contributed by atoms with E-state index in [4.69, 9.17) is 0 Å². The summed E-state index contributed by atoms with van der Waals surface area (Å²) in [6.45, 7) is 1.92. The molecule has 1 aromatic heterocycles. The molecule has 1 fully saturated rings. The largest absolute Gasteiger partial charge is 0.480 e. The second-order valence-electron chi connectivity index (χ2n) is 6.13. The third-order valence-electron chi connectivity index (χ3n) is 4.52. The number of carboxylic acids is 1. The number of nitrogens with one attached hydrogen (secondary N) is 1. The van der Waals surface area contributed by atoms with Crippen LogP contribution in [-0.2, 0) is 10.5 Å². The fourth-order valence-corrected chi connectivity index (χ4v) is 4.42. The van der Waals surface area contributed by atoms with Crippen molar-refractivity contribution in [3.63, 3.8) is 0 Å². The maximum atomic E-state index is 12.2. The average Bonchev–Trinajstić information content (AvgIpc) is 2.55. The van der Waals surface area contributed by atoms with Gasteiger partial charge < -0.3 is 10.1 Å². The summed E-state index contributed by atoms with van der Waals surface area (Å²) >= 11 is 1.40. The van der Waals surface area contributed by atoms with Gasteiger partial charge in [0, 0.05) is 0 Å². The maximum absolute atomic E-state index is 12.2. The second-order valence-corrected chi connectivity index (χ2v) is 7.49. The monoisotopic (exact) mass is 332 g/mol. The molecule has 0 spiro atoms. The predicted octanol–water partition coefficient (Wildman–Crippen LogP) is 3.25. The first-order valence-corrected chi connectivity index (χ1v) is 8.86. The van der Waals surface area contributed by atoms with E-state index in [0.717, 1.165) is 24.8 Å². The number of aromatic amines is 1. The molecular formula is C17H20N2O3S. The number of hydrogen-bond donors (Lipinski definition) is 2. The van der Waals surface area contributed by atoms with Gasteiger partial charge in [-0.05, 0) is 31.4 Å². The molecule has 0 unspecified atom stereocenters. The Bertz CT molecular complexity index is 794. The van der Waals surface area contributed by atoms with Crippen LogP contribution in [0.3, 0.4) is 0 Å². The summed E-state index contributed by atoms with van der Waals surface area (Å²) in [6, 6.07) is 5.51. The number of benzene rings is 1. The van der Waals surface area contributed by atoms with Gasteiger partial charge in [-0.15, -0.1) is 11.8 Å². The highest BCUT2D eigenvalue weighted by Crippen LogP contribution is 2.41. The Balaban J connectivity index is 1.88. The van der Waals surface area contributed by atoms with Crippen molar-refractivity contribution in [1.82, 2.24) is 9.97 Å². The number of aliphatic carboxylic acids is 1. The quantitative estimate of drug-likeness (QED) is 0.898. The van der Waals surface area contributed by atoms with Gasteiger partial charge in [0.05, 0.1) is 16.7 Å². The fraction of sp³-hybridized carbons (Fsp3) is 0.471. The average molecular weight is 332 g/mol. The lowest BCUT2D eigenvalue weighted by atomic mass is 9.88. The van der Waals surface area contributed by atoms with Crippen LogP contribution in [-0.4, -0.2) is 25.8 Å². The molecule has 0 saturated heterocycles. The Morgan fingerprint density at radius 2 is 2.09 bits per heavy atom. The number of nitrogens with zero attached hydrogens (tertiary/aromatic N) is 1. The van der Waals surface area contributed by atoms with E-state index in [1.165, 1.54) is 11.8 Å². The van der Waals surface area contributed by atoms with E-state index in [2.05, 4.69) is 9.97 Å². The standard InChI is InChI=1S/C17H20N2O3S/c1-11-6-5-7-12-14(11)18-13(19-15(12)20)10-23-17(16(21)22)8-3-2-4-9-17/h5-7H,2-4,8-10H2,1H3,(H,21,22)(H,18,19,20). The molecule has 6 heteroatoms. The summed E-state index contributed by atoms with van der Waals surface area (Å²) in [4.78, 5) is 31.2. The molecule has 122 valence electrons. The number of aromatic nitrogens is 2. The zero-order chi connectivity index (χ0) is 16.4. The number of carbonyl (C=O) groups is 1. The highest BCUT2D eigenvalue weighted by molar-refractivity contribution is 8.00. The number of H-pyrrole nitrogens is 1. The van der Waals surface area contributed by atoms with Crippen LogP contribution in [0.2, 0.25) is 0 Å². The van der Waals surface area contributed by atoms with Crippen molar-refractivity contribution in [2.45, 2.75) is 49.5 Å². The third kappa shape index (κ3) is 3.13. The molecule has 3 rings (SSSR count). The van der Waals surface area contributed by atoms with Gasteiger partial charge in [-0.2, -0.15) is 0 Å². The van der Waals surface area contributed by atoms with E-state index in [0.29, 0.717) is 35.3 Å². The van der Waals surface area contributed by atoms with Crippen LogP contribution < -0.4 is 5.56 Å². The first kappa shape index (κ1) is 16.1. The molecule has 1 aliphatic rings. The van der Waals surface area contributed by atoms with E-state index in [1.807, 2.05) is 19.1 Å². The maximum Gasteiger partial charge on any atom is 0.319 e. The number of fused-ring (bicyclic) bond motifs is 1. The Kier molecular flexibility index (Phi) is 4.43. The van der Waals surface area contributed by atoms with Crippen LogP contribution in [0.1, 0.15) is 43.5 Å². The number of rotatable bonds is 4. The van der Waals surface area contributed by atoms with E-state index in [9.17, 15) is 14.7 Å². The van der Waals surface area contributed by atoms with Crippen LogP contribution in [0, 0.1) is 6.92 Å². The molecule has 23 heavy (non-hydrogen) atoms. The number of para-hydroxylation sites is 1. The lowest BCUT2D eigenvalue weighted by Gasteiger charge is -2.32. The zero-order valence-corrected chi connectivity index (χ0v) is 13.9. The number of hydrogen-bond acceptors (Lipinski definition) is 4. The normalized spacial score (nSPS) is 17.3. The van der Waals surface area contributed by atoms with Gasteiger partial charge in [-0.25, -0.2) is 4.98 Å². The van der Waals surface area contributed by atoms with Crippen LogP contribution in [0.4, 0.5) is 0 Å². The topological polar surface area (TPSA) is 83.0 Å². The van der Waals surface area contributed by atoms with Gasteiger partial charge in [0.25, 0.3) is 5.56 Å². The van der Waals surface area contributed by atoms with Gasteiger partial charge in [0.1, 0.15) is 10.6 Å².